The van der Waals surface area contributed by atoms with Gasteiger partial charge in [-0.2, -0.15) is 0 Å². The van der Waals surface area contributed by atoms with E-state index in [-0.39, 0.29) is 25.0 Å². The number of hydrogen-bond acceptors (Lipinski definition) is 5. The minimum absolute atomic E-state index is 0.202. The molecule has 3 N–H and O–H groups in total. The van der Waals surface area contributed by atoms with E-state index >= 15 is 0 Å². The first-order valence-electron chi connectivity index (χ1n) is 7.72. The Bertz CT molecular complexity index is 628. The number of aliphatic carboxylic acids is 1. The predicted octanol–water partition coefficient (Wildman–Crippen LogP) is 1.25. The fraction of sp³-hybridized carbons (Fsp3) is 0.562. The van der Waals surface area contributed by atoms with E-state index in [4.69, 9.17) is 4.74 Å². The summed E-state index contributed by atoms with van der Waals surface area (Å²) in [6.45, 7) is 5.57. The molecule has 0 aliphatic heterocycles. The smallest absolute Gasteiger partial charge is 0.330 e. The third-order valence-electron chi connectivity index (χ3n) is 4.64. The van der Waals surface area contributed by atoms with Gasteiger partial charge >= 0.3 is 5.97 Å². The molecule has 1 saturated carbocycles. The molecule has 2 unspecified atom stereocenters. The molecule has 1 aromatic rings. The molecule has 1 aliphatic carbocycles. The summed E-state index contributed by atoms with van der Waals surface area (Å²) < 4.78 is 5.54. The number of ether oxygens (including phenoxy) is 1. The van der Waals surface area contributed by atoms with Crippen LogP contribution in [0.2, 0.25) is 0 Å². The fourth-order valence-corrected chi connectivity index (χ4v) is 3.61. The molecule has 24 heavy (non-hydrogen) atoms. The van der Waals surface area contributed by atoms with Gasteiger partial charge in [-0.1, -0.05) is 19.9 Å². The van der Waals surface area contributed by atoms with Crippen molar-refractivity contribution in [2.24, 2.45) is 5.41 Å². The maximum atomic E-state index is 12.2. The fourth-order valence-electron chi connectivity index (χ4n) is 2.97. The summed E-state index contributed by atoms with van der Waals surface area (Å²) in [6.07, 6.45) is -0.0343. The van der Waals surface area contributed by atoms with Crippen LogP contribution in [-0.4, -0.2) is 47.7 Å². The molecule has 0 radical (unpaired) electrons. The maximum Gasteiger partial charge on any atom is 0.330 e. The van der Waals surface area contributed by atoms with E-state index in [0.29, 0.717) is 11.5 Å². The van der Waals surface area contributed by atoms with E-state index in [0.717, 1.165) is 0 Å². The Balaban J connectivity index is 1.98. The van der Waals surface area contributed by atoms with Gasteiger partial charge < -0.3 is 20.5 Å². The van der Waals surface area contributed by atoms with Crippen LogP contribution in [0.5, 0.6) is 0 Å². The summed E-state index contributed by atoms with van der Waals surface area (Å²) in [5.74, 6) is -1.99. The molecule has 8 heteroatoms. The maximum absolute atomic E-state index is 12.2. The molecule has 132 valence electrons. The molecule has 2 rings (SSSR count). The van der Waals surface area contributed by atoms with Crippen LogP contribution < -0.4 is 10.6 Å². The minimum Gasteiger partial charge on any atom is -0.479 e. The van der Waals surface area contributed by atoms with Crippen LogP contribution in [0.25, 0.3) is 0 Å². The number of amides is 2. The highest BCUT2D eigenvalue weighted by molar-refractivity contribution is 7.12. The van der Waals surface area contributed by atoms with Gasteiger partial charge in [0.2, 0.25) is 5.91 Å². The van der Waals surface area contributed by atoms with Crippen LogP contribution in [-0.2, 0) is 14.3 Å². The number of rotatable bonds is 7. The van der Waals surface area contributed by atoms with Crippen molar-refractivity contribution in [3.05, 3.63) is 22.4 Å². The van der Waals surface area contributed by atoms with Crippen molar-refractivity contribution >= 4 is 29.1 Å². The summed E-state index contributed by atoms with van der Waals surface area (Å²) in [4.78, 5) is 36.3. The van der Waals surface area contributed by atoms with Gasteiger partial charge in [0.25, 0.3) is 5.91 Å². The zero-order valence-electron chi connectivity index (χ0n) is 13.9. The normalized spacial score (nSPS) is 24.7. The van der Waals surface area contributed by atoms with Crippen molar-refractivity contribution < 1.29 is 24.2 Å². The standard InChI is InChI=1S/C16H22N2O5S/c1-4-23-11-8-16(14(21)22,15(11,2)3)18-12(19)9-17-13(20)10-6-5-7-24-10/h5-7,11H,4,8-9H2,1-3H3,(H,17,20)(H,18,19)(H,21,22). The molecular weight excluding hydrogens is 332 g/mol. The molecule has 7 nitrogen and oxygen atoms in total. The second-order valence-electron chi connectivity index (χ2n) is 6.29. The van der Waals surface area contributed by atoms with Crippen LogP contribution in [0.3, 0.4) is 0 Å². The van der Waals surface area contributed by atoms with Crippen molar-refractivity contribution in [3.63, 3.8) is 0 Å². The summed E-state index contributed by atoms with van der Waals surface area (Å²) in [5.41, 5.74) is -2.14. The van der Waals surface area contributed by atoms with Crippen molar-refractivity contribution in [1.82, 2.24) is 10.6 Å². The Hall–Kier alpha value is -1.93. The predicted molar refractivity (Wildman–Crippen MR) is 89.0 cm³/mol. The van der Waals surface area contributed by atoms with E-state index in [9.17, 15) is 19.5 Å². The molecule has 2 atom stereocenters. The molecule has 0 spiro atoms. The third-order valence-corrected chi connectivity index (χ3v) is 5.51. The van der Waals surface area contributed by atoms with Gasteiger partial charge in [-0.15, -0.1) is 11.3 Å². The lowest BCUT2D eigenvalue weighted by Gasteiger charge is -2.58. The average Bonchev–Trinajstić information content (AvgIpc) is 3.05. The highest BCUT2D eigenvalue weighted by atomic mass is 32.1. The van der Waals surface area contributed by atoms with Crippen LogP contribution in [0.4, 0.5) is 0 Å². The Morgan fingerprint density at radius 1 is 1.42 bits per heavy atom. The third kappa shape index (κ3) is 3.16. The number of hydrogen-bond donors (Lipinski definition) is 3. The highest BCUT2D eigenvalue weighted by Gasteiger charge is 2.66. The van der Waals surface area contributed by atoms with Crippen LogP contribution >= 0.6 is 11.3 Å². The SMILES string of the molecule is CCOC1CC(NC(=O)CNC(=O)c2cccs2)(C(=O)O)C1(C)C. The topological polar surface area (TPSA) is 105 Å². The largest absolute Gasteiger partial charge is 0.479 e. The van der Waals surface area contributed by atoms with Gasteiger partial charge in [0.05, 0.1) is 17.5 Å². The van der Waals surface area contributed by atoms with Gasteiger partial charge in [0.1, 0.15) is 5.54 Å². The summed E-state index contributed by atoms with van der Waals surface area (Å²) in [6, 6.07) is 3.39. The Labute approximate surface area is 144 Å². The quantitative estimate of drug-likeness (QED) is 0.684. The molecule has 1 fully saturated rings. The summed E-state index contributed by atoms with van der Waals surface area (Å²) in [7, 11) is 0. The van der Waals surface area contributed by atoms with Crippen LogP contribution in [0.15, 0.2) is 17.5 Å². The van der Waals surface area contributed by atoms with Crippen LogP contribution in [0, 0.1) is 5.41 Å². The molecule has 0 bridgehead atoms. The number of carbonyl (C=O) groups is 3. The number of nitrogens with one attached hydrogen (secondary N) is 2. The monoisotopic (exact) mass is 354 g/mol. The number of thiophene rings is 1. The van der Waals surface area contributed by atoms with Crippen LogP contribution in [0.1, 0.15) is 36.9 Å². The zero-order chi connectivity index (χ0) is 18.0. The summed E-state index contributed by atoms with van der Waals surface area (Å²) in [5, 5.41) is 16.5. The van der Waals surface area contributed by atoms with Gasteiger partial charge in [0, 0.05) is 18.4 Å². The Morgan fingerprint density at radius 2 is 2.12 bits per heavy atom. The first-order valence-corrected chi connectivity index (χ1v) is 8.60. The molecule has 2 amide bonds. The average molecular weight is 354 g/mol. The van der Waals surface area contributed by atoms with Gasteiger partial charge in [-0.3, -0.25) is 9.59 Å². The van der Waals surface area contributed by atoms with Crippen molar-refractivity contribution in [2.75, 3.05) is 13.2 Å². The summed E-state index contributed by atoms with van der Waals surface area (Å²) >= 11 is 1.27. The van der Waals surface area contributed by atoms with E-state index in [1.807, 2.05) is 6.92 Å². The van der Waals surface area contributed by atoms with Gasteiger partial charge in [0.15, 0.2) is 0 Å². The molecule has 1 aromatic heterocycles. The number of carboxylic acids is 1. The first kappa shape index (κ1) is 18.4. The number of carboxylic acid groups (broad SMARTS) is 1. The molecule has 0 aromatic carbocycles. The van der Waals surface area contributed by atoms with Gasteiger partial charge in [-0.25, -0.2) is 4.79 Å². The zero-order valence-corrected chi connectivity index (χ0v) is 14.7. The van der Waals surface area contributed by atoms with E-state index < -0.39 is 22.8 Å². The van der Waals surface area contributed by atoms with Gasteiger partial charge in [-0.05, 0) is 18.4 Å². The Kier molecular flexibility index (Phi) is 5.29. The second-order valence-corrected chi connectivity index (χ2v) is 7.24. The van der Waals surface area contributed by atoms with Crippen molar-refractivity contribution in [3.8, 4) is 0 Å². The number of carbonyl (C=O) groups excluding carboxylic acids is 2. The molecule has 1 heterocycles. The van der Waals surface area contributed by atoms with E-state index in [1.165, 1.54) is 11.3 Å². The highest BCUT2D eigenvalue weighted by Crippen LogP contribution is 2.51. The van der Waals surface area contributed by atoms with E-state index in [1.54, 1.807) is 31.4 Å². The lowest BCUT2D eigenvalue weighted by atomic mass is 9.54. The molecular formula is C16H22N2O5S. The van der Waals surface area contributed by atoms with Crippen molar-refractivity contribution in [2.45, 2.75) is 38.8 Å². The second kappa shape index (κ2) is 6.90. The Morgan fingerprint density at radius 3 is 2.62 bits per heavy atom. The minimum atomic E-state index is -1.39. The molecule has 1 aliphatic rings. The molecule has 0 saturated heterocycles. The van der Waals surface area contributed by atoms with Crippen molar-refractivity contribution in [1.29, 1.82) is 0 Å². The lowest BCUT2D eigenvalue weighted by molar-refractivity contribution is -0.194. The van der Waals surface area contributed by atoms with E-state index in [2.05, 4.69) is 10.6 Å². The first-order chi connectivity index (χ1) is 11.2. The lowest BCUT2D eigenvalue weighted by Crippen LogP contribution is -2.76.